The van der Waals surface area contributed by atoms with E-state index in [1.54, 1.807) is 7.11 Å². The van der Waals surface area contributed by atoms with E-state index in [-0.39, 0.29) is 19.1 Å². The zero-order valence-corrected chi connectivity index (χ0v) is 10.6. The fraction of sp³-hybridized carbons (Fsp3) is 0.429. The van der Waals surface area contributed by atoms with Crippen molar-refractivity contribution in [2.45, 2.75) is 12.7 Å². The van der Waals surface area contributed by atoms with Gasteiger partial charge in [-0.1, -0.05) is 18.2 Å². The monoisotopic (exact) mass is 252 g/mol. The second-order valence-corrected chi connectivity index (χ2v) is 4.01. The van der Waals surface area contributed by atoms with E-state index in [0.29, 0.717) is 6.61 Å². The molecule has 4 nitrogen and oxygen atoms in total. The summed E-state index contributed by atoms with van der Waals surface area (Å²) in [6.07, 6.45) is 0.798. The summed E-state index contributed by atoms with van der Waals surface area (Å²) >= 11 is 0. The molecule has 0 aliphatic rings. The highest BCUT2D eigenvalue weighted by molar-refractivity contribution is 5.26. The Labute approximate surface area is 107 Å². The zero-order chi connectivity index (χ0) is 13.4. The van der Waals surface area contributed by atoms with Crippen molar-refractivity contribution in [3.63, 3.8) is 0 Å². The maximum Gasteiger partial charge on any atom is 0.118 e. The van der Waals surface area contributed by atoms with E-state index in [4.69, 9.17) is 14.6 Å². The number of aliphatic hydroxyl groups excluding tert-OH is 2. The Bertz CT molecular complexity index is 347. The Balaban J connectivity index is 2.34. The predicted molar refractivity (Wildman–Crippen MR) is 69.4 cm³/mol. The average Bonchev–Trinajstić information content (AvgIpc) is 2.41. The van der Waals surface area contributed by atoms with Gasteiger partial charge in [0.25, 0.3) is 0 Å². The molecule has 4 heteroatoms. The van der Waals surface area contributed by atoms with E-state index in [0.717, 1.165) is 11.3 Å². The summed E-state index contributed by atoms with van der Waals surface area (Å²) in [5.74, 6) is 0.451. The topological polar surface area (TPSA) is 58.9 Å². The maximum atomic E-state index is 9.69. The first kappa shape index (κ1) is 14.7. The molecule has 0 saturated carbocycles. The Morgan fingerprint density at radius 1 is 1.33 bits per heavy atom. The van der Waals surface area contributed by atoms with Crippen LogP contribution in [0.2, 0.25) is 0 Å². The van der Waals surface area contributed by atoms with Gasteiger partial charge in [0.1, 0.15) is 5.75 Å². The van der Waals surface area contributed by atoms with Gasteiger partial charge in [-0.25, -0.2) is 0 Å². The maximum absolute atomic E-state index is 9.69. The molecule has 2 N–H and O–H groups in total. The van der Waals surface area contributed by atoms with E-state index in [1.807, 2.05) is 24.3 Å². The summed E-state index contributed by atoms with van der Waals surface area (Å²) in [5, 5.41) is 18.7. The quantitative estimate of drug-likeness (QED) is 0.686. The first-order valence-electron chi connectivity index (χ1n) is 5.83. The zero-order valence-electron chi connectivity index (χ0n) is 10.6. The van der Waals surface area contributed by atoms with Crippen LogP contribution in [0.15, 0.2) is 36.9 Å². The minimum Gasteiger partial charge on any atom is -0.497 e. The van der Waals surface area contributed by atoms with Crippen molar-refractivity contribution in [2.75, 3.05) is 20.3 Å². The molecule has 0 amide bonds. The van der Waals surface area contributed by atoms with Gasteiger partial charge in [-0.05, 0) is 17.7 Å². The van der Waals surface area contributed by atoms with Crippen LogP contribution in [-0.4, -0.2) is 36.6 Å². The molecule has 0 spiro atoms. The fourth-order valence-electron chi connectivity index (χ4n) is 1.50. The summed E-state index contributed by atoms with van der Waals surface area (Å²) in [5.41, 5.74) is 1.00. The lowest BCUT2D eigenvalue weighted by atomic mass is 10.1. The van der Waals surface area contributed by atoms with Crippen LogP contribution < -0.4 is 4.74 Å². The van der Waals surface area contributed by atoms with Crippen molar-refractivity contribution < 1.29 is 19.7 Å². The van der Waals surface area contributed by atoms with E-state index in [9.17, 15) is 5.11 Å². The fourth-order valence-corrected chi connectivity index (χ4v) is 1.50. The summed E-state index contributed by atoms with van der Waals surface area (Å²) in [6, 6.07) is 7.52. The highest BCUT2D eigenvalue weighted by Gasteiger charge is 2.14. The molecule has 0 aromatic heterocycles. The Hall–Kier alpha value is -1.36. The summed E-state index contributed by atoms with van der Waals surface area (Å²) in [7, 11) is 1.62. The van der Waals surface area contributed by atoms with Crippen molar-refractivity contribution in [3.8, 4) is 5.75 Å². The molecule has 1 aromatic rings. The third kappa shape index (κ3) is 4.49. The van der Waals surface area contributed by atoms with Gasteiger partial charge in [0.15, 0.2) is 0 Å². The number of benzene rings is 1. The molecule has 1 rings (SSSR count). The van der Waals surface area contributed by atoms with Crippen LogP contribution in [0.1, 0.15) is 5.56 Å². The normalized spacial score (nSPS) is 13.9. The van der Waals surface area contributed by atoms with Gasteiger partial charge in [0.05, 0.1) is 33.0 Å². The van der Waals surface area contributed by atoms with Gasteiger partial charge >= 0.3 is 0 Å². The number of rotatable bonds is 8. The molecule has 0 radical (unpaired) electrons. The van der Waals surface area contributed by atoms with Crippen LogP contribution in [0.5, 0.6) is 5.75 Å². The molecule has 18 heavy (non-hydrogen) atoms. The van der Waals surface area contributed by atoms with Crippen molar-refractivity contribution in [3.05, 3.63) is 42.5 Å². The second-order valence-electron chi connectivity index (χ2n) is 4.01. The van der Waals surface area contributed by atoms with Crippen molar-refractivity contribution in [1.82, 2.24) is 0 Å². The van der Waals surface area contributed by atoms with Gasteiger partial charge < -0.3 is 19.7 Å². The number of hydrogen-bond acceptors (Lipinski definition) is 4. The molecule has 0 unspecified atom stereocenters. The van der Waals surface area contributed by atoms with Crippen molar-refractivity contribution in [2.24, 2.45) is 5.92 Å². The number of hydrogen-bond donors (Lipinski definition) is 2. The van der Waals surface area contributed by atoms with Gasteiger partial charge in [-0.3, -0.25) is 0 Å². The minimum absolute atomic E-state index is 0.128. The summed E-state index contributed by atoms with van der Waals surface area (Å²) < 4.78 is 10.4. The van der Waals surface area contributed by atoms with E-state index >= 15 is 0 Å². The van der Waals surface area contributed by atoms with Crippen LogP contribution in [0, 0.1) is 5.92 Å². The van der Waals surface area contributed by atoms with Gasteiger partial charge in [0.2, 0.25) is 0 Å². The number of ether oxygens (including phenoxy) is 2. The molecule has 0 aliphatic heterocycles. The largest absolute Gasteiger partial charge is 0.497 e. The van der Waals surface area contributed by atoms with Crippen molar-refractivity contribution >= 4 is 0 Å². The first-order chi connectivity index (χ1) is 8.71. The lowest BCUT2D eigenvalue weighted by Crippen LogP contribution is -2.26. The third-order valence-corrected chi connectivity index (χ3v) is 2.72. The van der Waals surface area contributed by atoms with Crippen LogP contribution in [0.25, 0.3) is 0 Å². The molecule has 0 heterocycles. The molecule has 0 saturated heterocycles. The van der Waals surface area contributed by atoms with E-state index < -0.39 is 6.10 Å². The number of aliphatic hydroxyl groups is 2. The Morgan fingerprint density at radius 3 is 2.50 bits per heavy atom. The Morgan fingerprint density at radius 2 is 2.00 bits per heavy atom. The highest BCUT2D eigenvalue weighted by Crippen LogP contribution is 2.12. The Kier molecular flexibility index (Phi) is 6.43. The SMILES string of the molecule is C=C[C@H](CO)[C@@H](O)COCc1ccc(OC)cc1. The lowest BCUT2D eigenvalue weighted by Gasteiger charge is -2.17. The average molecular weight is 252 g/mol. The third-order valence-electron chi connectivity index (χ3n) is 2.72. The smallest absolute Gasteiger partial charge is 0.118 e. The minimum atomic E-state index is -0.731. The molecule has 0 bridgehead atoms. The number of methoxy groups -OCH3 is 1. The van der Waals surface area contributed by atoms with E-state index in [1.165, 1.54) is 6.08 Å². The van der Waals surface area contributed by atoms with Crippen LogP contribution >= 0.6 is 0 Å². The molecule has 2 atom stereocenters. The lowest BCUT2D eigenvalue weighted by molar-refractivity contribution is -0.00333. The standard InChI is InChI=1S/C14H20O4/c1-3-12(8-15)14(16)10-18-9-11-4-6-13(17-2)7-5-11/h3-7,12,14-16H,1,8-10H2,2H3/t12-,14+/m1/s1. The van der Waals surface area contributed by atoms with Crippen LogP contribution in [-0.2, 0) is 11.3 Å². The first-order valence-corrected chi connectivity index (χ1v) is 5.83. The summed E-state index contributed by atoms with van der Waals surface area (Å²) in [4.78, 5) is 0. The van der Waals surface area contributed by atoms with Crippen LogP contribution in [0.3, 0.4) is 0 Å². The van der Waals surface area contributed by atoms with E-state index in [2.05, 4.69) is 6.58 Å². The molecule has 100 valence electrons. The highest BCUT2D eigenvalue weighted by atomic mass is 16.5. The van der Waals surface area contributed by atoms with Gasteiger partial charge in [0, 0.05) is 5.92 Å². The molecule has 0 fully saturated rings. The molecule has 0 aliphatic carbocycles. The predicted octanol–water partition coefficient (Wildman–Crippen LogP) is 1.37. The second kappa shape index (κ2) is 7.87. The molecule has 1 aromatic carbocycles. The van der Waals surface area contributed by atoms with Crippen molar-refractivity contribution in [1.29, 1.82) is 0 Å². The molecular formula is C14H20O4. The summed E-state index contributed by atoms with van der Waals surface area (Å²) in [6.45, 7) is 4.00. The van der Waals surface area contributed by atoms with Gasteiger partial charge in [-0.2, -0.15) is 0 Å². The van der Waals surface area contributed by atoms with Crippen LogP contribution in [0.4, 0.5) is 0 Å². The van der Waals surface area contributed by atoms with Gasteiger partial charge in [-0.15, -0.1) is 6.58 Å². The molecular weight excluding hydrogens is 232 g/mol.